The molecule has 1 heterocycles. The Balaban J connectivity index is 1.73. The maximum absolute atomic E-state index is 11.8. The predicted molar refractivity (Wildman–Crippen MR) is 97.4 cm³/mol. The topological polar surface area (TPSA) is 55.4 Å². The number of anilines is 1. The molecule has 0 radical (unpaired) electrons. The quantitative estimate of drug-likeness (QED) is 0.800. The molecule has 0 atom stereocenters. The van der Waals surface area contributed by atoms with Crippen LogP contribution in [0.5, 0.6) is 0 Å². The van der Waals surface area contributed by atoms with Crippen molar-refractivity contribution in [1.29, 1.82) is 0 Å². The molecule has 24 heavy (non-hydrogen) atoms. The van der Waals surface area contributed by atoms with Crippen LogP contribution in [0.2, 0.25) is 0 Å². The molecule has 4 nitrogen and oxygen atoms in total. The molecule has 2 rings (SSSR count). The van der Waals surface area contributed by atoms with E-state index in [1.807, 2.05) is 41.1 Å². The Labute approximate surface area is 146 Å². The van der Waals surface area contributed by atoms with Crippen molar-refractivity contribution in [2.45, 2.75) is 39.0 Å². The fourth-order valence-electron chi connectivity index (χ4n) is 2.15. The summed E-state index contributed by atoms with van der Waals surface area (Å²) in [6, 6.07) is 9.67. The highest BCUT2D eigenvalue weighted by atomic mass is 32.1. The highest BCUT2D eigenvalue weighted by molar-refractivity contribution is 7.07. The van der Waals surface area contributed by atoms with Gasteiger partial charge in [-0.15, -0.1) is 0 Å². The molecule has 0 spiro atoms. The first-order chi connectivity index (χ1) is 11.3. The summed E-state index contributed by atoms with van der Waals surface area (Å²) in [5, 5.41) is 6.70. The van der Waals surface area contributed by atoms with Crippen LogP contribution in [0.3, 0.4) is 0 Å². The molecule has 128 valence electrons. The average Bonchev–Trinajstić information content (AvgIpc) is 3.04. The van der Waals surface area contributed by atoms with E-state index in [2.05, 4.69) is 26.1 Å². The third kappa shape index (κ3) is 5.81. The van der Waals surface area contributed by atoms with Gasteiger partial charge in [-0.05, 0) is 51.9 Å². The number of aryl methyl sites for hydroxylation is 1. The van der Waals surface area contributed by atoms with Crippen molar-refractivity contribution in [2.75, 3.05) is 11.9 Å². The molecule has 1 amide bonds. The number of carbonyl (C=O) groups is 2. The Morgan fingerprint density at radius 2 is 1.83 bits per heavy atom. The minimum Gasteiger partial charge on any atom is -0.456 e. The van der Waals surface area contributed by atoms with E-state index in [0.717, 1.165) is 5.56 Å². The third-order valence-electron chi connectivity index (χ3n) is 3.60. The van der Waals surface area contributed by atoms with Gasteiger partial charge in [0.1, 0.15) is 0 Å². The Kier molecular flexibility index (Phi) is 6.15. The number of thiophene rings is 1. The van der Waals surface area contributed by atoms with Gasteiger partial charge in [0.2, 0.25) is 0 Å². The van der Waals surface area contributed by atoms with E-state index < -0.39 is 0 Å². The maximum Gasteiger partial charge on any atom is 0.306 e. The van der Waals surface area contributed by atoms with Crippen molar-refractivity contribution in [1.82, 2.24) is 0 Å². The number of amides is 1. The summed E-state index contributed by atoms with van der Waals surface area (Å²) in [4.78, 5) is 23.5. The van der Waals surface area contributed by atoms with Crippen LogP contribution < -0.4 is 5.32 Å². The van der Waals surface area contributed by atoms with Gasteiger partial charge in [0.15, 0.2) is 6.61 Å². The van der Waals surface area contributed by atoms with Gasteiger partial charge in [-0.25, -0.2) is 0 Å². The van der Waals surface area contributed by atoms with Gasteiger partial charge in [0.05, 0.1) is 0 Å². The molecule has 0 bridgehead atoms. The number of carbonyl (C=O) groups excluding carboxylic acids is 2. The van der Waals surface area contributed by atoms with Crippen LogP contribution in [-0.4, -0.2) is 18.5 Å². The summed E-state index contributed by atoms with van der Waals surface area (Å²) < 4.78 is 5.00. The summed E-state index contributed by atoms with van der Waals surface area (Å²) in [6.45, 7) is 6.14. The summed E-state index contributed by atoms with van der Waals surface area (Å²) >= 11 is 1.60. The van der Waals surface area contributed by atoms with Crippen molar-refractivity contribution >= 4 is 28.9 Å². The fraction of sp³-hybridized carbons (Fsp3) is 0.368. The first kappa shape index (κ1) is 18.2. The Morgan fingerprint density at radius 3 is 2.42 bits per heavy atom. The van der Waals surface area contributed by atoms with Crippen LogP contribution in [0.25, 0.3) is 0 Å². The summed E-state index contributed by atoms with van der Waals surface area (Å²) in [7, 11) is 0. The molecule has 0 aliphatic rings. The number of rotatable bonds is 6. The zero-order valence-corrected chi connectivity index (χ0v) is 15.1. The molecule has 5 heteroatoms. The fourth-order valence-corrected chi connectivity index (χ4v) is 2.85. The predicted octanol–water partition coefficient (Wildman–Crippen LogP) is 4.16. The Morgan fingerprint density at radius 1 is 1.12 bits per heavy atom. The zero-order chi connectivity index (χ0) is 17.6. The number of hydrogen-bond donors (Lipinski definition) is 1. The lowest BCUT2D eigenvalue weighted by atomic mass is 9.87. The molecular weight excluding hydrogens is 322 g/mol. The minimum absolute atomic E-state index is 0.0700. The van der Waals surface area contributed by atoms with Crippen LogP contribution in [-0.2, 0) is 26.2 Å². The van der Waals surface area contributed by atoms with Gasteiger partial charge in [0, 0.05) is 12.1 Å². The lowest BCUT2D eigenvalue weighted by Crippen LogP contribution is -2.21. The van der Waals surface area contributed by atoms with Crippen LogP contribution in [0.15, 0.2) is 41.1 Å². The van der Waals surface area contributed by atoms with E-state index >= 15 is 0 Å². The summed E-state index contributed by atoms with van der Waals surface area (Å²) in [6.07, 6.45) is 0.919. The molecule has 0 fully saturated rings. The number of nitrogens with one attached hydrogen (secondary N) is 1. The standard InChI is InChI=1S/C19H23NO3S/c1-19(2,3)15-5-7-16(8-6-15)20-17(21)12-23-18(22)9-4-14-10-11-24-13-14/h5-8,10-11,13H,4,9,12H2,1-3H3,(H,20,21). The van der Waals surface area contributed by atoms with Gasteiger partial charge in [0.25, 0.3) is 5.91 Å². The molecule has 0 saturated heterocycles. The number of benzene rings is 1. The molecular formula is C19H23NO3S. The van der Waals surface area contributed by atoms with Gasteiger partial charge in [-0.1, -0.05) is 32.9 Å². The Hall–Kier alpha value is -2.14. The molecule has 0 aliphatic heterocycles. The van der Waals surface area contributed by atoms with E-state index in [4.69, 9.17) is 4.74 Å². The van der Waals surface area contributed by atoms with Crippen LogP contribution >= 0.6 is 11.3 Å². The van der Waals surface area contributed by atoms with E-state index in [0.29, 0.717) is 12.1 Å². The molecule has 0 unspecified atom stereocenters. The van der Waals surface area contributed by atoms with E-state index in [-0.39, 0.29) is 30.3 Å². The summed E-state index contributed by atoms with van der Waals surface area (Å²) in [5.41, 5.74) is 3.07. The van der Waals surface area contributed by atoms with E-state index in [9.17, 15) is 9.59 Å². The first-order valence-corrected chi connectivity index (χ1v) is 8.86. The number of hydrogen-bond acceptors (Lipinski definition) is 4. The van der Waals surface area contributed by atoms with Crippen molar-refractivity contribution in [2.24, 2.45) is 0 Å². The molecule has 2 aromatic rings. The first-order valence-electron chi connectivity index (χ1n) is 7.92. The monoisotopic (exact) mass is 345 g/mol. The normalized spacial score (nSPS) is 11.1. The molecule has 1 N–H and O–H groups in total. The third-order valence-corrected chi connectivity index (χ3v) is 4.33. The lowest BCUT2D eigenvalue weighted by molar-refractivity contribution is -0.147. The van der Waals surface area contributed by atoms with E-state index in [1.165, 1.54) is 5.56 Å². The lowest BCUT2D eigenvalue weighted by Gasteiger charge is -2.19. The van der Waals surface area contributed by atoms with Gasteiger partial charge < -0.3 is 10.1 Å². The molecule has 0 aliphatic carbocycles. The highest BCUT2D eigenvalue weighted by Gasteiger charge is 2.13. The largest absolute Gasteiger partial charge is 0.456 e. The zero-order valence-electron chi connectivity index (χ0n) is 14.3. The number of esters is 1. The smallest absolute Gasteiger partial charge is 0.306 e. The van der Waals surface area contributed by atoms with E-state index in [1.54, 1.807) is 11.3 Å². The van der Waals surface area contributed by atoms with Crippen molar-refractivity contribution in [3.05, 3.63) is 52.2 Å². The summed E-state index contributed by atoms with van der Waals surface area (Å²) in [5.74, 6) is -0.693. The van der Waals surface area contributed by atoms with Crippen LogP contribution in [0.4, 0.5) is 5.69 Å². The van der Waals surface area contributed by atoms with Crippen LogP contribution in [0.1, 0.15) is 38.3 Å². The number of ether oxygens (including phenoxy) is 1. The van der Waals surface area contributed by atoms with Gasteiger partial charge in [-0.3, -0.25) is 9.59 Å². The van der Waals surface area contributed by atoms with Crippen molar-refractivity contribution < 1.29 is 14.3 Å². The van der Waals surface area contributed by atoms with Crippen molar-refractivity contribution in [3.63, 3.8) is 0 Å². The Bertz CT molecular complexity index is 670. The highest BCUT2D eigenvalue weighted by Crippen LogP contribution is 2.23. The van der Waals surface area contributed by atoms with Gasteiger partial charge >= 0.3 is 5.97 Å². The second kappa shape index (κ2) is 8.11. The molecule has 0 saturated carbocycles. The molecule has 1 aromatic heterocycles. The maximum atomic E-state index is 11.8. The SMILES string of the molecule is CC(C)(C)c1ccc(NC(=O)COC(=O)CCc2ccsc2)cc1. The van der Waals surface area contributed by atoms with Crippen molar-refractivity contribution in [3.8, 4) is 0 Å². The average molecular weight is 345 g/mol. The van der Waals surface area contributed by atoms with Gasteiger partial charge in [-0.2, -0.15) is 11.3 Å². The molecule has 1 aromatic carbocycles. The second-order valence-corrected chi connectivity index (χ2v) is 7.45. The second-order valence-electron chi connectivity index (χ2n) is 6.67. The minimum atomic E-state index is -0.362. The van der Waals surface area contributed by atoms with Crippen LogP contribution in [0, 0.1) is 0 Å².